The summed E-state index contributed by atoms with van der Waals surface area (Å²) < 4.78 is 62.6. The molecule has 2 aliphatic heterocycles. The summed E-state index contributed by atoms with van der Waals surface area (Å²) >= 11 is 0. The molecule has 6 N–H and O–H groups in total. The van der Waals surface area contributed by atoms with Gasteiger partial charge in [-0.05, 0) is 48.9 Å². The summed E-state index contributed by atoms with van der Waals surface area (Å²) in [5.74, 6) is -3.19. The number of benzene rings is 3. The Hall–Kier alpha value is -5.83. The van der Waals surface area contributed by atoms with Crippen molar-refractivity contribution in [2.45, 2.75) is 42.9 Å². The second kappa shape index (κ2) is 11.9. The fourth-order valence-corrected chi connectivity index (χ4v) is 5.93. The fraction of sp³-hybridized carbons (Fsp3) is 0.278. The number of carbonyl (C=O) groups is 2. The average molecular weight is 704 g/mol. The number of aromatic nitrogens is 1. The molecule has 0 unspecified atom stereocenters. The van der Waals surface area contributed by atoms with Gasteiger partial charge in [-0.3, -0.25) is 14.6 Å². The number of hydrogen-bond donors (Lipinski definition) is 4. The van der Waals surface area contributed by atoms with Crippen LogP contribution in [-0.4, -0.2) is 60.5 Å². The van der Waals surface area contributed by atoms with E-state index in [1.165, 1.54) is 49.7 Å². The zero-order valence-electron chi connectivity index (χ0n) is 27.3. The molecule has 3 aliphatic rings. The van der Waals surface area contributed by atoms with E-state index in [9.17, 15) is 27.9 Å². The predicted molar refractivity (Wildman–Crippen MR) is 178 cm³/mol. The Bertz CT molecular complexity index is 2110. The molecular weight excluding hydrogens is 671 g/mol. The summed E-state index contributed by atoms with van der Waals surface area (Å²) in [6.45, 7) is 0.959. The highest BCUT2D eigenvalue weighted by molar-refractivity contribution is 5.99. The van der Waals surface area contributed by atoms with Crippen molar-refractivity contribution < 1.29 is 46.8 Å². The Morgan fingerprint density at radius 3 is 2.49 bits per heavy atom. The van der Waals surface area contributed by atoms with Crippen LogP contribution in [0.5, 0.6) is 23.0 Å². The van der Waals surface area contributed by atoms with Gasteiger partial charge < -0.3 is 40.8 Å². The van der Waals surface area contributed by atoms with Gasteiger partial charge in [0, 0.05) is 41.3 Å². The lowest BCUT2D eigenvalue weighted by Gasteiger charge is -2.30. The molecule has 1 aromatic heterocycles. The first-order valence-electron chi connectivity index (χ1n) is 15.8. The molecule has 0 saturated heterocycles. The zero-order valence-corrected chi connectivity index (χ0v) is 27.3. The quantitative estimate of drug-likeness (QED) is 0.106. The van der Waals surface area contributed by atoms with Gasteiger partial charge in [-0.25, -0.2) is 9.37 Å². The average Bonchev–Trinajstić information content (AvgIpc) is 3.62. The number of carbonyl (C=O) groups excluding carboxylic acids is 2. The Morgan fingerprint density at radius 1 is 1.08 bits per heavy atom. The number of alkyl halides is 3. The molecule has 264 valence electrons. The van der Waals surface area contributed by atoms with E-state index in [2.05, 4.69) is 19.8 Å². The molecule has 0 bridgehead atoms. The normalized spacial score (nSPS) is 20.3. The first-order valence-corrected chi connectivity index (χ1v) is 15.8. The Morgan fingerprint density at radius 2 is 1.80 bits per heavy atom. The van der Waals surface area contributed by atoms with Crippen molar-refractivity contribution in [3.8, 4) is 34.3 Å². The molecule has 4 aromatic rings. The van der Waals surface area contributed by atoms with Crippen molar-refractivity contribution in [3.63, 3.8) is 0 Å². The summed E-state index contributed by atoms with van der Waals surface area (Å²) in [5.41, 5.74) is 10.0. The zero-order chi connectivity index (χ0) is 36.3. The number of nitrogen functional groups attached to an aromatic ring is 1. The van der Waals surface area contributed by atoms with Crippen molar-refractivity contribution in [2.75, 3.05) is 26.0 Å². The van der Waals surface area contributed by atoms with E-state index < -0.39 is 41.5 Å². The standard InChI is InChI=1S/C36H32F3N5O7/c1-33(32(41)46)18-49-30-23(33)15-27(44-29(30)19-8-9-24-25(13-19)51-36(38,39)50-24)35(47,22-6-4-3-5-7-22)17-42-31(45)20-12-21(16-43-34(37)10-11-34)28(40)26(14-20)48-2/h3-9,12-16,47H,10-11,17-18,40H2,1-2H3,(H2,41,46)(H,42,45)/b43-16+/t33-,35+/m0/s1. The summed E-state index contributed by atoms with van der Waals surface area (Å²) in [4.78, 5) is 35.2. The van der Waals surface area contributed by atoms with Crippen LogP contribution < -0.4 is 35.7 Å². The van der Waals surface area contributed by atoms with Crippen molar-refractivity contribution in [3.05, 3.63) is 94.7 Å². The largest absolute Gasteiger partial charge is 0.586 e. The molecule has 12 nitrogen and oxygen atoms in total. The molecule has 15 heteroatoms. The highest BCUT2D eigenvalue weighted by Gasteiger charge is 2.47. The number of ether oxygens (including phenoxy) is 4. The van der Waals surface area contributed by atoms with Crippen LogP contribution in [0.3, 0.4) is 0 Å². The molecule has 3 heterocycles. The smallest absolute Gasteiger partial charge is 0.495 e. The highest BCUT2D eigenvalue weighted by Crippen LogP contribution is 2.49. The first kappa shape index (κ1) is 33.7. The maximum atomic E-state index is 14.3. The molecular formula is C36H32F3N5O7. The minimum absolute atomic E-state index is 0.0240. The number of nitrogens with two attached hydrogens (primary N) is 2. The van der Waals surface area contributed by atoms with Crippen LogP contribution >= 0.6 is 0 Å². The van der Waals surface area contributed by atoms with Gasteiger partial charge in [-0.1, -0.05) is 30.3 Å². The molecule has 1 aliphatic carbocycles. The van der Waals surface area contributed by atoms with Gasteiger partial charge in [0.1, 0.15) is 34.8 Å². The van der Waals surface area contributed by atoms with E-state index in [0.29, 0.717) is 5.56 Å². The third-order valence-corrected chi connectivity index (χ3v) is 9.22. The predicted octanol–water partition coefficient (Wildman–Crippen LogP) is 4.34. The number of anilines is 1. The Labute approximate surface area is 289 Å². The molecule has 2 amide bonds. The van der Waals surface area contributed by atoms with E-state index in [-0.39, 0.29) is 81.8 Å². The third-order valence-electron chi connectivity index (χ3n) is 9.22. The van der Waals surface area contributed by atoms with E-state index in [1.807, 2.05) is 0 Å². The van der Waals surface area contributed by atoms with Crippen molar-refractivity contribution in [1.82, 2.24) is 10.3 Å². The van der Waals surface area contributed by atoms with E-state index in [0.717, 1.165) is 0 Å². The second-order valence-electron chi connectivity index (χ2n) is 12.8. The molecule has 0 spiro atoms. The van der Waals surface area contributed by atoms with Crippen LogP contribution in [0.2, 0.25) is 0 Å². The monoisotopic (exact) mass is 703 g/mol. The molecule has 7 rings (SSSR count). The van der Waals surface area contributed by atoms with Crippen LogP contribution in [0, 0.1) is 0 Å². The van der Waals surface area contributed by atoms with E-state index in [4.69, 9.17) is 25.9 Å². The number of nitrogens with one attached hydrogen (secondary N) is 1. The fourth-order valence-electron chi connectivity index (χ4n) is 5.93. The first-order chi connectivity index (χ1) is 24.1. The van der Waals surface area contributed by atoms with Crippen LogP contribution in [0.15, 0.2) is 71.7 Å². The molecule has 1 fully saturated rings. The van der Waals surface area contributed by atoms with Gasteiger partial charge in [0.15, 0.2) is 17.3 Å². The van der Waals surface area contributed by atoms with Gasteiger partial charge in [-0.2, -0.15) is 0 Å². The number of pyridine rings is 1. The van der Waals surface area contributed by atoms with Gasteiger partial charge in [0.25, 0.3) is 5.91 Å². The third kappa shape index (κ3) is 6.03. The number of hydrogen-bond acceptors (Lipinski definition) is 10. The molecule has 2 atom stereocenters. The van der Waals surface area contributed by atoms with Gasteiger partial charge >= 0.3 is 6.29 Å². The maximum Gasteiger partial charge on any atom is 0.586 e. The molecule has 3 aromatic carbocycles. The van der Waals surface area contributed by atoms with Gasteiger partial charge in [-0.15, -0.1) is 8.78 Å². The molecule has 1 saturated carbocycles. The number of halogens is 3. The lowest BCUT2D eigenvalue weighted by molar-refractivity contribution is -0.286. The van der Waals surface area contributed by atoms with E-state index in [1.54, 1.807) is 37.3 Å². The minimum Gasteiger partial charge on any atom is -0.495 e. The Kier molecular flexibility index (Phi) is 7.85. The van der Waals surface area contributed by atoms with Gasteiger partial charge in [0.2, 0.25) is 5.91 Å². The SMILES string of the molecule is COc1cc(C(=O)NC[C@@](O)(c2ccccc2)c2cc3c(c(-c4ccc5c(c4)OC(F)(F)O5)n2)OC[C@]3(C)C(N)=O)cc(/C=N/C2(F)CC2)c1N. The molecule has 0 radical (unpaired) electrons. The number of methoxy groups -OCH3 is 1. The maximum absolute atomic E-state index is 14.3. The number of nitrogens with zero attached hydrogens (tertiary/aromatic N) is 2. The summed E-state index contributed by atoms with van der Waals surface area (Å²) in [6, 6.07) is 16.6. The van der Waals surface area contributed by atoms with Crippen molar-refractivity contribution >= 4 is 23.7 Å². The summed E-state index contributed by atoms with van der Waals surface area (Å²) in [5, 5.41) is 15.3. The molecule has 51 heavy (non-hydrogen) atoms. The lowest BCUT2D eigenvalue weighted by Crippen LogP contribution is -2.43. The van der Waals surface area contributed by atoms with Crippen LogP contribution in [0.25, 0.3) is 11.3 Å². The number of aliphatic hydroxyl groups is 1. The topological polar surface area (TPSA) is 181 Å². The van der Waals surface area contributed by atoms with E-state index >= 15 is 0 Å². The lowest BCUT2D eigenvalue weighted by atomic mass is 9.80. The summed E-state index contributed by atoms with van der Waals surface area (Å²) in [6.07, 6.45) is -2.05. The van der Waals surface area contributed by atoms with Gasteiger partial charge in [0.05, 0.1) is 25.0 Å². The summed E-state index contributed by atoms with van der Waals surface area (Å²) in [7, 11) is 1.37. The Balaban J connectivity index is 1.31. The number of rotatable bonds is 10. The number of aliphatic imine (C=N–C) groups is 1. The second-order valence-corrected chi connectivity index (χ2v) is 12.8. The number of primary amides is 1. The van der Waals surface area contributed by atoms with Crippen molar-refractivity contribution in [1.29, 1.82) is 0 Å². The number of fused-ring (bicyclic) bond motifs is 2. The van der Waals surface area contributed by atoms with Crippen LogP contribution in [0.4, 0.5) is 18.9 Å². The number of amides is 2. The van der Waals surface area contributed by atoms with Crippen molar-refractivity contribution in [2.24, 2.45) is 10.7 Å². The minimum atomic E-state index is -3.88. The van der Waals surface area contributed by atoms with Crippen LogP contribution in [0.1, 0.15) is 52.5 Å². The van der Waals surface area contributed by atoms with Crippen LogP contribution in [-0.2, 0) is 15.8 Å². The highest BCUT2D eigenvalue weighted by atomic mass is 19.3.